The first-order chi connectivity index (χ1) is 15.3. The van der Waals surface area contributed by atoms with Crippen LogP contribution < -0.4 is 4.74 Å². The Kier molecular flexibility index (Phi) is 6.10. The van der Waals surface area contributed by atoms with Crippen molar-refractivity contribution in [2.45, 2.75) is 17.7 Å². The third-order valence-electron chi connectivity index (χ3n) is 5.10. The maximum absolute atomic E-state index is 13.4. The van der Waals surface area contributed by atoms with Crippen LogP contribution in [0.25, 0.3) is 22.6 Å². The van der Waals surface area contributed by atoms with E-state index in [1.165, 1.54) is 24.3 Å². The Balaban J connectivity index is 1.69. The zero-order chi connectivity index (χ0) is 22.7. The van der Waals surface area contributed by atoms with E-state index < -0.39 is 9.84 Å². The summed E-state index contributed by atoms with van der Waals surface area (Å²) in [6.45, 7) is 0. The summed E-state index contributed by atoms with van der Waals surface area (Å²) in [7, 11) is -1.68. The van der Waals surface area contributed by atoms with Gasteiger partial charge in [0.15, 0.2) is 21.5 Å². The summed E-state index contributed by atoms with van der Waals surface area (Å²) < 4.78 is 48.4. The van der Waals surface area contributed by atoms with Gasteiger partial charge in [-0.1, -0.05) is 12.1 Å². The Bertz CT molecular complexity index is 1330. The van der Waals surface area contributed by atoms with Gasteiger partial charge in [-0.25, -0.2) is 17.8 Å². The van der Waals surface area contributed by atoms with Crippen molar-refractivity contribution in [1.82, 2.24) is 4.98 Å². The first-order valence-corrected chi connectivity index (χ1v) is 11.9. The van der Waals surface area contributed by atoms with Crippen molar-refractivity contribution in [2.75, 3.05) is 13.4 Å². The van der Waals surface area contributed by atoms with Gasteiger partial charge in [-0.05, 0) is 72.6 Å². The van der Waals surface area contributed by atoms with E-state index in [4.69, 9.17) is 9.15 Å². The van der Waals surface area contributed by atoms with Crippen molar-refractivity contribution in [2.24, 2.45) is 0 Å². The fraction of sp³-hybridized carbons (Fsp3) is 0.160. The number of methoxy groups -OCH3 is 1. The van der Waals surface area contributed by atoms with Gasteiger partial charge in [0.1, 0.15) is 17.3 Å². The molecule has 4 aromatic rings. The molecule has 0 aliphatic carbocycles. The van der Waals surface area contributed by atoms with Crippen LogP contribution in [-0.2, 0) is 22.7 Å². The number of hydrogen-bond donors (Lipinski definition) is 0. The van der Waals surface area contributed by atoms with Gasteiger partial charge < -0.3 is 9.15 Å². The van der Waals surface area contributed by atoms with Crippen LogP contribution in [0.15, 0.2) is 82.1 Å². The minimum atomic E-state index is -3.31. The Morgan fingerprint density at radius 1 is 0.938 bits per heavy atom. The predicted molar refractivity (Wildman–Crippen MR) is 121 cm³/mol. The molecule has 32 heavy (non-hydrogen) atoms. The van der Waals surface area contributed by atoms with E-state index >= 15 is 0 Å². The number of ether oxygens (including phenoxy) is 1. The maximum Gasteiger partial charge on any atom is 0.195 e. The number of aryl methyl sites for hydroxylation is 2. The molecule has 5 nitrogen and oxygen atoms in total. The molecular weight excluding hydrogens is 429 g/mol. The molecule has 0 unspecified atom stereocenters. The molecule has 0 amide bonds. The smallest absolute Gasteiger partial charge is 0.195 e. The van der Waals surface area contributed by atoms with Crippen molar-refractivity contribution in [1.29, 1.82) is 0 Å². The first kappa shape index (κ1) is 21.8. The summed E-state index contributed by atoms with van der Waals surface area (Å²) in [5.41, 5.74) is 3.07. The standard InChI is InChI=1S/C25H22FNO4S/c1-30-21-5-3-4-17(16-21)6-15-23-27-24(18-7-11-20(26)12-8-18)25(31-23)19-9-13-22(14-10-19)32(2,28)29/h3-5,7-14,16H,6,15H2,1-2H3. The van der Waals surface area contributed by atoms with E-state index in [9.17, 15) is 12.8 Å². The first-order valence-electron chi connectivity index (χ1n) is 10.0. The molecule has 0 saturated heterocycles. The molecule has 0 saturated carbocycles. The van der Waals surface area contributed by atoms with Crippen LogP contribution in [0.1, 0.15) is 11.5 Å². The summed E-state index contributed by atoms with van der Waals surface area (Å²) in [6, 6.07) is 20.3. The molecule has 7 heteroatoms. The molecule has 0 radical (unpaired) electrons. The molecule has 1 heterocycles. The van der Waals surface area contributed by atoms with Crippen LogP contribution in [-0.4, -0.2) is 26.8 Å². The van der Waals surface area contributed by atoms with E-state index in [0.717, 1.165) is 17.6 Å². The number of aromatic nitrogens is 1. The van der Waals surface area contributed by atoms with E-state index in [1.54, 1.807) is 31.4 Å². The molecule has 0 spiro atoms. The second-order valence-electron chi connectivity index (χ2n) is 7.44. The Morgan fingerprint density at radius 3 is 2.28 bits per heavy atom. The average molecular weight is 452 g/mol. The lowest BCUT2D eigenvalue weighted by atomic mass is 10.1. The number of hydrogen-bond acceptors (Lipinski definition) is 5. The van der Waals surface area contributed by atoms with Gasteiger partial charge in [-0.2, -0.15) is 0 Å². The van der Waals surface area contributed by atoms with E-state index in [1.807, 2.05) is 24.3 Å². The van der Waals surface area contributed by atoms with Crippen LogP contribution in [0, 0.1) is 5.82 Å². The molecule has 3 aromatic carbocycles. The van der Waals surface area contributed by atoms with Crippen LogP contribution in [0.5, 0.6) is 5.75 Å². The number of benzene rings is 3. The molecule has 1 aromatic heterocycles. The topological polar surface area (TPSA) is 69.4 Å². The van der Waals surface area contributed by atoms with Gasteiger partial charge in [-0.15, -0.1) is 0 Å². The van der Waals surface area contributed by atoms with Crippen LogP contribution >= 0.6 is 0 Å². The maximum atomic E-state index is 13.4. The lowest BCUT2D eigenvalue weighted by Gasteiger charge is -2.03. The van der Waals surface area contributed by atoms with Gasteiger partial charge in [0.2, 0.25) is 0 Å². The third-order valence-corrected chi connectivity index (χ3v) is 6.22. The fourth-order valence-corrected chi connectivity index (χ4v) is 4.03. The average Bonchev–Trinajstić information content (AvgIpc) is 3.22. The number of nitrogens with zero attached hydrogens (tertiary/aromatic N) is 1. The number of halogens is 1. The van der Waals surface area contributed by atoms with Gasteiger partial charge in [0, 0.05) is 23.8 Å². The third kappa shape index (κ3) is 4.89. The summed E-state index contributed by atoms with van der Waals surface area (Å²) >= 11 is 0. The van der Waals surface area contributed by atoms with Crippen molar-refractivity contribution in [3.8, 4) is 28.3 Å². The second kappa shape index (κ2) is 8.96. The van der Waals surface area contributed by atoms with Crippen LogP contribution in [0.2, 0.25) is 0 Å². The van der Waals surface area contributed by atoms with Crippen LogP contribution in [0.3, 0.4) is 0 Å². The highest BCUT2D eigenvalue weighted by Crippen LogP contribution is 2.34. The Hall–Kier alpha value is -3.45. The normalized spacial score (nSPS) is 11.5. The van der Waals surface area contributed by atoms with Gasteiger partial charge in [0.25, 0.3) is 0 Å². The molecule has 164 valence electrons. The zero-order valence-electron chi connectivity index (χ0n) is 17.7. The summed E-state index contributed by atoms with van der Waals surface area (Å²) in [6.07, 6.45) is 2.42. The second-order valence-corrected chi connectivity index (χ2v) is 9.46. The molecule has 0 bridgehead atoms. The van der Waals surface area contributed by atoms with Gasteiger partial charge in [0.05, 0.1) is 12.0 Å². The lowest BCUT2D eigenvalue weighted by Crippen LogP contribution is -1.96. The Morgan fingerprint density at radius 2 is 1.62 bits per heavy atom. The molecule has 4 rings (SSSR count). The highest BCUT2D eigenvalue weighted by Gasteiger charge is 2.18. The summed E-state index contributed by atoms with van der Waals surface area (Å²) in [5, 5.41) is 0. The SMILES string of the molecule is COc1cccc(CCc2nc(-c3ccc(F)cc3)c(-c3ccc(S(C)(=O)=O)cc3)o2)c1. The zero-order valence-corrected chi connectivity index (χ0v) is 18.5. The minimum Gasteiger partial charge on any atom is -0.497 e. The molecular formula is C25H22FNO4S. The minimum absolute atomic E-state index is 0.224. The quantitative estimate of drug-likeness (QED) is 0.379. The highest BCUT2D eigenvalue weighted by molar-refractivity contribution is 7.90. The molecule has 0 aliphatic heterocycles. The van der Waals surface area contributed by atoms with E-state index in [0.29, 0.717) is 41.3 Å². The number of sulfone groups is 1. The number of oxazole rings is 1. The summed E-state index contributed by atoms with van der Waals surface area (Å²) in [4.78, 5) is 4.90. The number of rotatable bonds is 7. The summed E-state index contributed by atoms with van der Waals surface area (Å²) in [5.74, 6) is 1.50. The molecule has 0 aliphatic rings. The van der Waals surface area contributed by atoms with Crippen molar-refractivity contribution in [3.63, 3.8) is 0 Å². The molecule has 0 fully saturated rings. The van der Waals surface area contributed by atoms with E-state index in [-0.39, 0.29) is 10.7 Å². The molecule has 0 atom stereocenters. The van der Waals surface area contributed by atoms with Crippen LogP contribution in [0.4, 0.5) is 4.39 Å². The van der Waals surface area contributed by atoms with Crippen molar-refractivity contribution < 1.29 is 22.0 Å². The molecule has 0 N–H and O–H groups in total. The van der Waals surface area contributed by atoms with E-state index in [2.05, 4.69) is 4.98 Å². The van der Waals surface area contributed by atoms with Gasteiger partial charge in [-0.3, -0.25) is 0 Å². The van der Waals surface area contributed by atoms with Gasteiger partial charge >= 0.3 is 0 Å². The predicted octanol–water partition coefficient (Wildman–Crippen LogP) is 5.35. The fourth-order valence-electron chi connectivity index (χ4n) is 3.40. The van der Waals surface area contributed by atoms with Crippen molar-refractivity contribution >= 4 is 9.84 Å². The van der Waals surface area contributed by atoms with Crippen molar-refractivity contribution in [3.05, 3.63) is 90.1 Å². The monoisotopic (exact) mass is 451 g/mol. The Labute approximate surface area is 186 Å². The lowest BCUT2D eigenvalue weighted by molar-refractivity contribution is 0.414. The largest absolute Gasteiger partial charge is 0.497 e. The highest BCUT2D eigenvalue weighted by atomic mass is 32.2.